The van der Waals surface area contributed by atoms with E-state index in [0.717, 1.165) is 0 Å². The van der Waals surface area contributed by atoms with Gasteiger partial charge in [-0.1, -0.05) is 0 Å². The second kappa shape index (κ2) is 5.07. The summed E-state index contributed by atoms with van der Waals surface area (Å²) in [5.74, 6) is 0.0160. The highest BCUT2D eigenvalue weighted by atomic mass is 19.4. The van der Waals surface area contributed by atoms with Gasteiger partial charge in [-0.2, -0.15) is 13.2 Å². The van der Waals surface area contributed by atoms with Crippen LogP contribution in [-0.2, 0) is 4.79 Å². The van der Waals surface area contributed by atoms with Gasteiger partial charge in [-0.25, -0.2) is 0 Å². The van der Waals surface area contributed by atoms with Crippen molar-refractivity contribution in [3.8, 4) is 0 Å². The van der Waals surface area contributed by atoms with Gasteiger partial charge >= 0.3 is 6.18 Å². The Kier molecular flexibility index (Phi) is 3.84. The zero-order chi connectivity index (χ0) is 13.3. The molecule has 18 heavy (non-hydrogen) atoms. The summed E-state index contributed by atoms with van der Waals surface area (Å²) in [5.41, 5.74) is 0. The maximum absolute atomic E-state index is 12.9. The zero-order valence-corrected chi connectivity index (χ0v) is 10.5. The van der Waals surface area contributed by atoms with Crippen molar-refractivity contribution in [2.75, 3.05) is 19.6 Å². The van der Waals surface area contributed by atoms with Crippen LogP contribution in [0, 0.1) is 0 Å². The second-order valence-electron chi connectivity index (χ2n) is 5.17. The Morgan fingerprint density at radius 3 is 2.22 bits per heavy atom. The molecule has 2 rings (SSSR count). The molecule has 3 nitrogen and oxygen atoms in total. The summed E-state index contributed by atoms with van der Waals surface area (Å²) in [6.45, 7) is 3.21. The van der Waals surface area contributed by atoms with E-state index in [9.17, 15) is 18.0 Å². The van der Waals surface area contributed by atoms with Gasteiger partial charge in [0, 0.05) is 26.1 Å². The van der Waals surface area contributed by atoms with E-state index in [-0.39, 0.29) is 18.4 Å². The summed E-state index contributed by atoms with van der Waals surface area (Å²) in [5, 5.41) is 0. The Balaban J connectivity index is 1.95. The predicted molar refractivity (Wildman–Crippen MR) is 61.1 cm³/mol. The molecular formula is C12H19F3N2O. The highest BCUT2D eigenvalue weighted by molar-refractivity contribution is 5.73. The van der Waals surface area contributed by atoms with Gasteiger partial charge in [0.05, 0.1) is 0 Å². The number of halogens is 3. The number of alkyl halides is 3. The molecule has 2 aliphatic heterocycles. The number of hydrogen-bond donors (Lipinski definition) is 0. The van der Waals surface area contributed by atoms with Gasteiger partial charge < -0.3 is 4.90 Å². The summed E-state index contributed by atoms with van der Waals surface area (Å²) < 4.78 is 38.6. The smallest absolute Gasteiger partial charge is 0.343 e. The first kappa shape index (κ1) is 13.6. The lowest BCUT2D eigenvalue weighted by atomic mass is 10.0. The minimum atomic E-state index is -4.12. The summed E-state index contributed by atoms with van der Waals surface area (Å²) in [6.07, 6.45) is -1.96. The molecule has 104 valence electrons. The van der Waals surface area contributed by atoms with Crippen molar-refractivity contribution in [3.05, 3.63) is 0 Å². The van der Waals surface area contributed by atoms with Gasteiger partial charge in [0.15, 0.2) is 0 Å². The lowest BCUT2D eigenvalue weighted by molar-refractivity contribution is -0.183. The number of carbonyl (C=O) groups is 1. The van der Waals surface area contributed by atoms with Gasteiger partial charge in [-0.15, -0.1) is 0 Å². The van der Waals surface area contributed by atoms with Crippen LogP contribution in [-0.4, -0.2) is 53.6 Å². The third kappa shape index (κ3) is 2.79. The number of rotatable bonds is 1. The summed E-state index contributed by atoms with van der Waals surface area (Å²) in [7, 11) is 0. The van der Waals surface area contributed by atoms with Gasteiger partial charge in [0.1, 0.15) is 6.04 Å². The molecule has 0 saturated carbocycles. The molecule has 0 aromatic rings. The third-order valence-electron chi connectivity index (χ3n) is 4.05. The average molecular weight is 264 g/mol. The first-order chi connectivity index (χ1) is 8.39. The number of hydrogen-bond acceptors (Lipinski definition) is 2. The van der Waals surface area contributed by atoms with Crippen LogP contribution >= 0.6 is 0 Å². The molecule has 1 atom stereocenters. The molecule has 2 heterocycles. The van der Waals surface area contributed by atoms with E-state index in [4.69, 9.17) is 0 Å². The number of likely N-dealkylation sites (tertiary alicyclic amines) is 2. The van der Waals surface area contributed by atoms with Crippen molar-refractivity contribution in [3.63, 3.8) is 0 Å². The normalized spacial score (nSPS) is 27.8. The van der Waals surface area contributed by atoms with E-state index < -0.39 is 12.2 Å². The lowest BCUT2D eigenvalue weighted by Gasteiger charge is -2.39. The van der Waals surface area contributed by atoms with Crippen molar-refractivity contribution in [1.29, 1.82) is 0 Å². The Morgan fingerprint density at radius 2 is 1.72 bits per heavy atom. The van der Waals surface area contributed by atoms with E-state index in [1.54, 1.807) is 9.80 Å². The van der Waals surface area contributed by atoms with E-state index in [1.807, 2.05) is 0 Å². The van der Waals surface area contributed by atoms with Crippen LogP contribution in [0.4, 0.5) is 13.2 Å². The molecule has 0 N–H and O–H groups in total. The molecule has 0 aliphatic carbocycles. The fourth-order valence-corrected chi connectivity index (χ4v) is 3.09. The van der Waals surface area contributed by atoms with Crippen LogP contribution in [0.5, 0.6) is 0 Å². The Morgan fingerprint density at radius 1 is 1.11 bits per heavy atom. The molecule has 6 heteroatoms. The first-order valence-electron chi connectivity index (χ1n) is 6.47. The minimum absolute atomic E-state index is 0.0160. The summed E-state index contributed by atoms with van der Waals surface area (Å²) in [6, 6.07) is -1.29. The molecule has 2 aliphatic rings. The molecule has 0 spiro atoms. The number of carbonyl (C=O) groups excluding carboxylic acids is 1. The van der Waals surface area contributed by atoms with Crippen molar-refractivity contribution in [1.82, 2.24) is 9.80 Å². The van der Waals surface area contributed by atoms with Crippen molar-refractivity contribution < 1.29 is 18.0 Å². The number of piperidine rings is 1. The molecule has 1 unspecified atom stereocenters. The summed E-state index contributed by atoms with van der Waals surface area (Å²) >= 11 is 0. The fourth-order valence-electron chi connectivity index (χ4n) is 3.09. The number of amides is 1. The Bertz CT molecular complexity index is 311. The maximum atomic E-state index is 12.9. The fraction of sp³-hybridized carbons (Fsp3) is 0.917. The van der Waals surface area contributed by atoms with Crippen LogP contribution in [0.25, 0.3) is 0 Å². The minimum Gasteiger partial charge on any atom is -0.343 e. The van der Waals surface area contributed by atoms with E-state index in [1.165, 1.54) is 6.92 Å². The quantitative estimate of drug-likeness (QED) is 0.723. The molecule has 1 amide bonds. The second-order valence-corrected chi connectivity index (χ2v) is 5.17. The van der Waals surface area contributed by atoms with Crippen LogP contribution < -0.4 is 0 Å². The topological polar surface area (TPSA) is 23.6 Å². The Hall–Kier alpha value is -0.780. The van der Waals surface area contributed by atoms with Crippen molar-refractivity contribution in [2.45, 2.75) is 50.9 Å². The standard InChI is InChI=1S/C12H19F3N2O/c1-9(18)16-7-4-10(5-8-16)17-6-2-3-11(17)12(13,14)15/h10-11H,2-8H2,1H3. The third-order valence-corrected chi connectivity index (χ3v) is 4.05. The predicted octanol–water partition coefficient (Wildman–Crippen LogP) is 2.02. The molecule has 0 aromatic heterocycles. The molecule has 2 saturated heterocycles. The monoisotopic (exact) mass is 264 g/mol. The molecule has 0 bridgehead atoms. The Labute approximate surface area is 105 Å². The van der Waals surface area contributed by atoms with Crippen molar-refractivity contribution >= 4 is 5.91 Å². The highest BCUT2D eigenvalue weighted by Gasteiger charge is 2.48. The largest absolute Gasteiger partial charge is 0.404 e. The van der Waals surface area contributed by atoms with Gasteiger partial charge in [-0.3, -0.25) is 9.69 Å². The average Bonchev–Trinajstić information content (AvgIpc) is 2.77. The maximum Gasteiger partial charge on any atom is 0.404 e. The molecule has 0 radical (unpaired) electrons. The molecule has 2 fully saturated rings. The highest BCUT2D eigenvalue weighted by Crippen LogP contribution is 2.35. The van der Waals surface area contributed by atoms with Crippen LogP contribution in [0.3, 0.4) is 0 Å². The molecule has 0 aromatic carbocycles. The van der Waals surface area contributed by atoms with Gasteiger partial charge in [-0.05, 0) is 32.2 Å². The van der Waals surface area contributed by atoms with Gasteiger partial charge in [0.25, 0.3) is 0 Å². The van der Waals surface area contributed by atoms with Gasteiger partial charge in [0.2, 0.25) is 5.91 Å². The SMILES string of the molecule is CC(=O)N1CCC(N2CCCC2C(F)(F)F)CC1. The number of nitrogens with zero attached hydrogens (tertiary/aromatic N) is 2. The zero-order valence-electron chi connectivity index (χ0n) is 10.5. The van der Waals surface area contributed by atoms with Crippen LogP contribution in [0.1, 0.15) is 32.6 Å². The summed E-state index contributed by atoms with van der Waals surface area (Å²) in [4.78, 5) is 14.5. The van der Waals surface area contributed by atoms with Crippen LogP contribution in [0.15, 0.2) is 0 Å². The van der Waals surface area contributed by atoms with E-state index in [2.05, 4.69) is 0 Å². The van der Waals surface area contributed by atoms with Crippen molar-refractivity contribution in [2.24, 2.45) is 0 Å². The van der Waals surface area contributed by atoms with E-state index >= 15 is 0 Å². The van der Waals surface area contributed by atoms with Crippen LogP contribution in [0.2, 0.25) is 0 Å². The molecular weight excluding hydrogens is 245 g/mol. The first-order valence-corrected chi connectivity index (χ1v) is 6.47. The van der Waals surface area contributed by atoms with E-state index in [0.29, 0.717) is 38.9 Å². The lowest BCUT2D eigenvalue weighted by Crippen LogP contribution is -2.51.